The summed E-state index contributed by atoms with van der Waals surface area (Å²) in [6.07, 6.45) is 2.85. The van der Waals surface area contributed by atoms with Crippen LogP contribution in [0, 0.1) is 15.9 Å². The van der Waals surface area contributed by atoms with E-state index < -0.39 is 22.3 Å². The molecular formula is C11H9FN4O3. The minimum atomic E-state index is -0.954. The van der Waals surface area contributed by atoms with Gasteiger partial charge in [0.25, 0.3) is 5.91 Å². The average molecular weight is 264 g/mol. The van der Waals surface area contributed by atoms with Gasteiger partial charge in [0.05, 0.1) is 16.7 Å². The topological polar surface area (TPSA) is 90.1 Å². The number of hydrogen-bond donors (Lipinski definition) is 1. The molecule has 98 valence electrons. The van der Waals surface area contributed by atoms with Gasteiger partial charge in [-0.1, -0.05) is 0 Å². The predicted molar refractivity (Wildman–Crippen MR) is 64.2 cm³/mol. The zero-order valence-corrected chi connectivity index (χ0v) is 9.83. The summed E-state index contributed by atoms with van der Waals surface area (Å²) in [5, 5.41) is 16.8. The Kier molecular flexibility index (Phi) is 3.23. The lowest BCUT2D eigenvalue weighted by Crippen LogP contribution is -2.11. The Labute approximate surface area is 106 Å². The van der Waals surface area contributed by atoms with Gasteiger partial charge in [-0.2, -0.15) is 9.49 Å². The van der Waals surface area contributed by atoms with Crippen LogP contribution in [-0.4, -0.2) is 20.6 Å². The van der Waals surface area contributed by atoms with Crippen LogP contribution in [0.15, 0.2) is 30.6 Å². The van der Waals surface area contributed by atoms with Gasteiger partial charge in [-0.3, -0.25) is 19.6 Å². The van der Waals surface area contributed by atoms with Gasteiger partial charge in [-0.05, 0) is 12.1 Å². The van der Waals surface area contributed by atoms with Crippen molar-refractivity contribution >= 4 is 17.3 Å². The molecule has 1 aromatic carbocycles. The number of anilines is 1. The Morgan fingerprint density at radius 1 is 1.53 bits per heavy atom. The normalized spacial score (nSPS) is 10.2. The molecule has 0 fully saturated rings. The molecule has 0 saturated heterocycles. The van der Waals surface area contributed by atoms with Gasteiger partial charge in [0, 0.05) is 25.0 Å². The number of benzene rings is 1. The highest BCUT2D eigenvalue weighted by Gasteiger charge is 2.16. The lowest BCUT2D eigenvalue weighted by Gasteiger charge is -2.03. The van der Waals surface area contributed by atoms with Crippen LogP contribution in [0.2, 0.25) is 0 Å². The quantitative estimate of drug-likeness (QED) is 0.675. The first kappa shape index (κ1) is 12.7. The molecule has 0 unspecified atom stereocenters. The summed E-state index contributed by atoms with van der Waals surface area (Å²) in [5.74, 6) is -1.43. The van der Waals surface area contributed by atoms with E-state index in [0.29, 0.717) is 5.56 Å². The lowest BCUT2D eigenvalue weighted by atomic mass is 10.2. The van der Waals surface area contributed by atoms with Crippen LogP contribution in [0.1, 0.15) is 10.4 Å². The maximum atomic E-state index is 13.1. The van der Waals surface area contributed by atoms with Gasteiger partial charge in [-0.15, -0.1) is 0 Å². The van der Waals surface area contributed by atoms with Gasteiger partial charge in [-0.25, -0.2) is 0 Å². The Morgan fingerprint density at radius 2 is 2.26 bits per heavy atom. The highest BCUT2D eigenvalue weighted by molar-refractivity contribution is 6.04. The van der Waals surface area contributed by atoms with E-state index in [4.69, 9.17) is 0 Å². The first-order valence-corrected chi connectivity index (χ1v) is 5.21. The fraction of sp³-hybridized carbons (Fsp3) is 0.0909. The number of nitro groups is 1. The molecule has 19 heavy (non-hydrogen) atoms. The van der Waals surface area contributed by atoms with E-state index in [0.717, 1.165) is 12.1 Å². The van der Waals surface area contributed by atoms with Gasteiger partial charge >= 0.3 is 5.69 Å². The van der Waals surface area contributed by atoms with Crippen molar-refractivity contribution in [3.63, 3.8) is 0 Å². The number of aryl methyl sites for hydroxylation is 1. The fourth-order valence-corrected chi connectivity index (χ4v) is 1.47. The van der Waals surface area contributed by atoms with Crippen molar-refractivity contribution in [2.45, 2.75) is 0 Å². The number of nitro benzene ring substituents is 1. The zero-order valence-electron chi connectivity index (χ0n) is 9.83. The second kappa shape index (κ2) is 4.84. The molecule has 2 aromatic rings. The smallest absolute Gasteiger partial charge is 0.306 e. The van der Waals surface area contributed by atoms with Crippen LogP contribution in [0.3, 0.4) is 0 Å². The Bertz CT molecular complexity index is 653. The van der Waals surface area contributed by atoms with Crippen LogP contribution in [0.5, 0.6) is 0 Å². The fourth-order valence-electron chi connectivity index (χ4n) is 1.47. The number of carbonyl (C=O) groups is 1. The monoisotopic (exact) mass is 264 g/mol. The second-order valence-corrected chi connectivity index (χ2v) is 3.78. The van der Waals surface area contributed by atoms with Crippen molar-refractivity contribution in [2.75, 3.05) is 5.32 Å². The molecule has 0 aliphatic heterocycles. The Hall–Kier alpha value is -2.77. The summed E-state index contributed by atoms with van der Waals surface area (Å²) in [7, 11) is 1.65. The molecular weight excluding hydrogens is 255 g/mol. The minimum absolute atomic E-state index is 0.141. The SMILES string of the molecule is Cn1cc(C(=O)Nc2ccc(F)c([N+](=O)[O-])c2)cn1. The third-order valence-electron chi connectivity index (χ3n) is 2.37. The van der Waals surface area contributed by atoms with Crippen molar-refractivity contribution in [1.29, 1.82) is 0 Å². The molecule has 0 aliphatic rings. The predicted octanol–water partition coefficient (Wildman–Crippen LogP) is 1.72. The number of rotatable bonds is 3. The first-order chi connectivity index (χ1) is 8.97. The molecule has 1 N–H and O–H groups in total. The summed E-state index contributed by atoms with van der Waals surface area (Å²) in [6, 6.07) is 3.14. The highest BCUT2D eigenvalue weighted by atomic mass is 19.1. The van der Waals surface area contributed by atoms with Gasteiger partial charge in [0.15, 0.2) is 0 Å². The molecule has 0 aliphatic carbocycles. The van der Waals surface area contributed by atoms with E-state index in [1.54, 1.807) is 7.05 Å². The zero-order chi connectivity index (χ0) is 14.0. The molecule has 0 saturated carbocycles. The van der Waals surface area contributed by atoms with Gasteiger partial charge in [0.2, 0.25) is 5.82 Å². The molecule has 2 rings (SSSR count). The maximum absolute atomic E-state index is 13.1. The molecule has 7 nitrogen and oxygen atoms in total. The van der Waals surface area contributed by atoms with E-state index >= 15 is 0 Å². The summed E-state index contributed by atoms with van der Waals surface area (Å²) in [4.78, 5) is 21.5. The van der Waals surface area contributed by atoms with E-state index in [-0.39, 0.29) is 5.69 Å². The highest BCUT2D eigenvalue weighted by Crippen LogP contribution is 2.21. The van der Waals surface area contributed by atoms with Crippen LogP contribution in [0.25, 0.3) is 0 Å². The first-order valence-electron chi connectivity index (χ1n) is 5.21. The third-order valence-corrected chi connectivity index (χ3v) is 2.37. The molecule has 0 spiro atoms. The number of amides is 1. The molecule has 1 heterocycles. The second-order valence-electron chi connectivity index (χ2n) is 3.78. The standard InChI is InChI=1S/C11H9FN4O3/c1-15-6-7(5-13-15)11(17)14-8-2-3-9(12)10(4-8)16(18)19/h2-6H,1H3,(H,14,17). The van der Waals surface area contributed by atoms with E-state index in [1.165, 1.54) is 23.1 Å². The van der Waals surface area contributed by atoms with Crippen molar-refractivity contribution in [3.05, 3.63) is 52.1 Å². The third kappa shape index (κ3) is 2.73. The van der Waals surface area contributed by atoms with Gasteiger partial charge in [0.1, 0.15) is 0 Å². The number of hydrogen-bond acceptors (Lipinski definition) is 4. The summed E-state index contributed by atoms with van der Waals surface area (Å²) >= 11 is 0. The van der Waals surface area contributed by atoms with Crippen LogP contribution >= 0.6 is 0 Å². The van der Waals surface area contributed by atoms with Crippen LogP contribution in [0.4, 0.5) is 15.8 Å². The van der Waals surface area contributed by atoms with Crippen molar-refractivity contribution in [3.8, 4) is 0 Å². The summed E-state index contributed by atoms with van der Waals surface area (Å²) in [6.45, 7) is 0. The van der Waals surface area contributed by atoms with E-state index in [1.807, 2.05) is 0 Å². The molecule has 0 bridgehead atoms. The average Bonchev–Trinajstić information content (AvgIpc) is 2.78. The number of nitrogens with one attached hydrogen (secondary N) is 1. The minimum Gasteiger partial charge on any atom is -0.322 e. The number of nitrogens with zero attached hydrogens (tertiary/aromatic N) is 3. The Balaban J connectivity index is 2.22. The number of aromatic nitrogens is 2. The molecule has 0 radical (unpaired) electrons. The van der Waals surface area contributed by atoms with Crippen LogP contribution in [-0.2, 0) is 7.05 Å². The lowest BCUT2D eigenvalue weighted by molar-refractivity contribution is -0.387. The van der Waals surface area contributed by atoms with Gasteiger partial charge < -0.3 is 5.32 Å². The van der Waals surface area contributed by atoms with Crippen molar-refractivity contribution < 1.29 is 14.1 Å². The van der Waals surface area contributed by atoms with Crippen molar-refractivity contribution in [2.24, 2.45) is 7.05 Å². The van der Waals surface area contributed by atoms with Crippen LogP contribution < -0.4 is 5.32 Å². The molecule has 1 amide bonds. The Morgan fingerprint density at radius 3 is 2.84 bits per heavy atom. The summed E-state index contributed by atoms with van der Waals surface area (Å²) < 4.78 is 14.6. The largest absolute Gasteiger partial charge is 0.322 e. The number of halogens is 1. The molecule has 8 heteroatoms. The van der Waals surface area contributed by atoms with Crippen molar-refractivity contribution in [1.82, 2.24) is 9.78 Å². The maximum Gasteiger partial charge on any atom is 0.306 e. The molecule has 1 aromatic heterocycles. The molecule has 0 atom stereocenters. The van der Waals surface area contributed by atoms with E-state index in [9.17, 15) is 19.3 Å². The number of carbonyl (C=O) groups excluding carboxylic acids is 1. The summed E-state index contributed by atoms with van der Waals surface area (Å²) in [5.41, 5.74) is -0.250. The van der Waals surface area contributed by atoms with E-state index in [2.05, 4.69) is 10.4 Å².